The van der Waals surface area contributed by atoms with Gasteiger partial charge in [0.15, 0.2) is 0 Å². The molecule has 0 aliphatic carbocycles. The minimum Gasteiger partial charge on any atom is -0.377 e. The molecule has 0 spiro atoms. The molecular formula is C16H34N2O. The number of hydrogen-bond donors (Lipinski definition) is 1. The lowest BCUT2D eigenvalue weighted by Gasteiger charge is -2.47. The zero-order valence-electron chi connectivity index (χ0n) is 13.8. The van der Waals surface area contributed by atoms with Gasteiger partial charge in [0.2, 0.25) is 0 Å². The summed E-state index contributed by atoms with van der Waals surface area (Å²) < 4.78 is 5.75. The molecule has 0 bridgehead atoms. The molecule has 1 saturated heterocycles. The molecule has 0 saturated carbocycles. The third-order valence-electron chi connectivity index (χ3n) is 4.54. The molecule has 0 aromatic carbocycles. The zero-order valence-corrected chi connectivity index (χ0v) is 13.8. The first-order valence-electron chi connectivity index (χ1n) is 7.87. The van der Waals surface area contributed by atoms with Gasteiger partial charge in [-0.05, 0) is 45.1 Å². The molecule has 0 aromatic rings. The van der Waals surface area contributed by atoms with E-state index in [1.54, 1.807) is 0 Å². The van der Waals surface area contributed by atoms with Crippen LogP contribution in [0.5, 0.6) is 0 Å². The predicted molar refractivity (Wildman–Crippen MR) is 82.3 cm³/mol. The highest BCUT2D eigenvalue weighted by Gasteiger charge is 2.41. The van der Waals surface area contributed by atoms with Crippen LogP contribution in [0.4, 0.5) is 0 Å². The number of likely N-dealkylation sites (N-methyl/N-ethyl adjacent to an activating group) is 1. The topological polar surface area (TPSA) is 38.5 Å². The fraction of sp³-hybridized carbons (Fsp3) is 1.00. The smallest absolute Gasteiger partial charge is 0.0703 e. The van der Waals surface area contributed by atoms with Crippen LogP contribution in [0.25, 0.3) is 0 Å². The molecule has 3 nitrogen and oxygen atoms in total. The molecule has 0 radical (unpaired) electrons. The number of nitrogens with zero attached hydrogens (tertiary/aromatic N) is 1. The monoisotopic (exact) mass is 270 g/mol. The van der Waals surface area contributed by atoms with Crippen molar-refractivity contribution in [1.82, 2.24) is 4.90 Å². The van der Waals surface area contributed by atoms with Crippen molar-refractivity contribution in [3.05, 3.63) is 0 Å². The van der Waals surface area contributed by atoms with Crippen LogP contribution in [0, 0.1) is 11.8 Å². The highest BCUT2D eigenvalue weighted by molar-refractivity contribution is 4.97. The lowest BCUT2D eigenvalue weighted by Crippen LogP contribution is -2.58. The van der Waals surface area contributed by atoms with Crippen LogP contribution < -0.4 is 5.73 Å². The maximum atomic E-state index is 6.24. The van der Waals surface area contributed by atoms with Crippen molar-refractivity contribution >= 4 is 0 Å². The molecule has 19 heavy (non-hydrogen) atoms. The Morgan fingerprint density at radius 2 is 1.74 bits per heavy atom. The van der Waals surface area contributed by atoms with Gasteiger partial charge >= 0.3 is 0 Å². The lowest BCUT2D eigenvalue weighted by molar-refractivity contribution is 0.00683. The maximum Gasteiger partial charge on any atom is 0.0703 e. The third kappa shape index (κ3) is 4.17. The molecule has 3 heteroatoms. The summed E-state index contributed by atoms with van der Waals surface area (Å²) in [6.07, 6.45) is 3.80. The lowest BCUT2D eigenvalue weighted by atomic mass is 9.79. The van der Waals surface area contributed by atoms with E-state index in [1.165, 1.54) is 12.8 Å². The van der Waals surface area contributed by atoms with E-state index in [0.717, 1.165) is 19.6 Å². The van der Waals surface area contributed by atoms with Gasteiger partial charge in [-0.15, -0.1) is 0 Å². The van der Waals surface area contributed by atoms with Crippen molar-refractivity contribution in [2.45, 2.75) is 71.6 Å². The van der Waals surface area contributed by atoms with Crippen molar-refractivity contribution < 1.29 is 4.74 Å². The Morgan fingerprint density at radius 1 is 1.21 bits per heavy atom. The maximum absolute atomic E-state index is 6.24. The highest BCUT2D eigenvalue weighted by Crippen LogP contribution is 2.34. The van der Waals surface area contributed by atoms with Crippen LogP contribution in [-0.4, -0.2) is 42.8 Å². The van der Waals surface area contributed by atoms with E-state index in [4.69, 9.17) is 10.5 Å². The summed E-state index contributed by atoms with van der Waals surface area (Å²) in [4.78, 5) is 2.55. The van der Waals surface area contributed by atoms with Gasteiger partial charge in [-0.25, -0.2) is 0 Å². The number of ether oxygens (including phenoxy) is 1. The quantitative estimate of drug-likeness (QED) is 0.773. The van der Waals surface area contributed by atoms with E-state index in [0.29, 0.717) is 24.0 Å². The molecule has 1 fully saturated rings. The molecule has 0 aromatic heterocycles. The van der Waals surface area contributed by atoms with Crippen molar-refractivity contribution in [1.29, 1.82) is 0 Å². The van der Waals surface area contributed by atoms with E-state index in [-0.39, 0.29) is 5.54 Å². The average Bonchev–Trinajstić information content (AvgIpc) is 2.72. The van der Waals surface area contributed by atoms with Crippen molar-refractivity contribution in [2.24, 2.45) is 17.6 Å². The first-order chi connectivity index (χ1) is 8.82. The molecule has 2 atom stereocenters. The second-order valence-corrected chi connectivity index (χ2v) is 7.17. The van der Waals surface area contributed by atoms with Crippen molar-refractivity contribution in [3.8, 4) is 0 Å². The average molecular weight is 270 g/mol. The Morgan fingerprint density at radius 3 is 2.05 bits per heavy atom. The van der Waals surface area contributed by atoms with Gasteiger partial charge in [0.1, 0.15) is 0 Å². The fourth-order valence-electron chi connectivity index (χ4n) is 3.78. The van der Waals surface area contributed by atoms with Crippen molar-refractivity contribution in [2.75, 3.05) is 20.2 Å². The molecule has 114 valence electrons. The standard InChI is InChI=1S/C16H34N2O/c1-12(2)9-16(11-17,10-13(3)4)18(6)15-7-8-19-14(15)5/h12-15H,7-11,17H2,1-6H3. The van der Waals surface area contributed by atoms with Crippen LogP contribution in [0.1, 0.15) is 53.9 Å². The largest absolute Gasteiger partial charge is 0.377 e. The summed E-state index contributed by atoms with van der Waals surface area (Å²) in [5.41, 5.74) is 6.36. The van der Waals surface area contributed by atoms with Gasteiger partial charge in [-0.3, -0.25) is 4.90 Å². The summed E-state index contributed by atoms with van der Waals surface area (Å²) in [6, 6.07) is 0.515. The zero-order chi connectivity index (χ0) is 14.6. The van der Waals surface area contributed by atoms with Gasteiger partial charge in [-0.2, -0.15) is 0 Å². The number of rotatable bonds is 7. The minimum atomic E-state index is 0.120. The van der Waals surface area contributed by atoms with Crippen molar-refractivity contribution in [3.63, 3.8) is 0 Å². The molecule has 1 aliphatic rings. The fourth-order valence-corrected chi connectivity index (χ4v) is 3.78. The van der Waals surface area contributed by atoms with Gasteiger partial charge in [-0.1, -0.05) is 27.7 Å². The van der Waals surface area contributed by atoms with E-state index in [1.807, 2.05) is 0 Å². The van der Waals surface area contributed by atoms with Gasteiger partial charge in [0, 0.05) is 24.7 Å². The Balaban J connectivity index is 2.92. The van der Waals surface area contributed by atoms with Crippen LogP contribution in [0.3, 0.4) is 0 Å². The molecular weight excluding hydrogens is 236 g/mol. The highest BCUT2D eigenvalue weighted by atomic mass is 16.5. The molecule has 0 amide bonds. The Kier molecular flexibility index (Phi) is 6.28. The molecule has 1 rings (SSSR count). The summed E-state index contributed by atoms with van der Waals surface area (Å²) >= 11 is 0. The second kappa shape index (κ2) is 7.05. The molecule has 1 aliphatic heterocycles. The second-order valence-electron chi connectivity index (χ2n) is 7.17. The third-order valence-corrected chi connectivity index (χ3v) is 4.54. The van der Waals surface area contributed by atoms with E-state index in [2.05, 4.69) is 46.6 Å². The van der Waals surface area contributed by atoms with Crippen LogP contribution in [0.2, 0.25) is 0 Å². The summed E-state index contributed by atoms with van der Waals surface area (Å²) in [6.45, 7) is 13.0. The molecule has 1 heterocycles. The van der Waals surface area contributed by atoms with Crippen LogP contribution >= 0.6 is 0 Å². The summed E-state index contributed by atoms with van der Waals surface area (Å²) in [7, 11) is 2.26. The van der Waals surface area contributed by atoms with E-state index in [9.17, 15) is 0 Å². The number of hydrogen-bond acceptors (Lipinski definition) is 3. The van der Waals surface area contributed by atoms with Crippen LogP contribution in [0.15, 0.2) is 0 Å². The van der Waals surface area contributed by atoms with E-state index < -0.39 is 0 Å². The van der Waals surface area contributed by atoms with E-state index >= 15 is 0 Å². The Hall–Kier alpha value is -0.120. The van der Waals surface area contributed by atoms with Crippen LogP contribution in [-0.2, 0) is 4.74 Å². The predicted octanol–water partition coefficient (Wildman–Crippen LogP) is 2.89. The first kappa shape index (κ1) is 16.9. The number of nitrogens with two attached hydrogens (primary N) is 1. The molecule has 2 N–H and O–H groups in total. The van der Waals surface area contributed by atoms with Gasteiger partial charge in [0.05, 0.1) is 6.10 Å². The first-order valence-corrected chi connectivity index (χ1v) is 7.87. The van der Waals surface area contributed by atoms with Gasteiger partial charge in [0.25, 0.3) is 0 Å². The Labute approximate surface area is 119 Å². The Bertz CT molecular complexity index is 255. The molecule has 2 unspecified atom stereocenters. The SMILES string of the molecule is CC(C)CC(CN)(CC(C)C)N(C)C1CCOC1C. The normalized spacial score (nSPS) is 24.9. The summed E-state index contributed by atoms with van der Waals surface area (Å²) in [5.74, 6) is 1.34. The summed E-state index contributed by atoms with van der Waals surface area (Å²) in [5, 5.41) is 0. The minimum absolute atomic E-state index is 0.120. The van der Waals surface area contributed by atoms with Gasteiger partial charge < -0.3 is 10.5 Å².